The van der Waals surface area contributed by atoms with Gasteiger partial charge in [-0.25, -0.2) is 8.42 Å². The first-order valence-electron chi connectivity index (χ1n) is 5.78. The number of nitrogens with two attached hydrogens (primary N) is 1. The third-order valence-corrected chi connectivity index (χ3v) is 6.78. The summed E-state index contributed by atoms with van der Waals surface area (Å²) in [6, 6.07) is 1.34. The number of hydrogen-bond donors (Lipinski definition) is 2. The van der Waals surface area contributed by atoms with Gasteiger partial charge in [0.1, 0.15) is 15.1 Å². The SMILES string of the molecule is NC(=NO)C1CCCN(S(=O)(=O)c2cc(Cl)sc2Cl)C1. The Morgan fingerprint density at radius 2 is 2.25 bits per heavy atom. The molecule has 1 aliphatic rings. The number of nitrogens with zero attached hydrogens (tertiary/aromatic N) is 2. The van der Waals surface area contributed by atoms with E-state index in [1.807, 2.05) is 0 Å². The zero-order valence-electron chi connectivity index (χ0n) is 10.3. The van der Waals surface area contributed by atoms with Crippen molar-refractivity contribution < 1.29 is 13.6 Å². The summed E-state index contributed by atoms with van der Waals surface area (Å²) in [5, 5.41) is 11.6. The lowest BCUT2D eigenvalue weighted by Gasteiger charge is -2.30. The first-order chi connectivity index (χ1) is 9.36. The van der Waals surface area contributed by atoms with E-state index in [0.717, 1.165) is 11.3 Å². The average Bonchev–Trinajstić information content (AvgIpc) is 2.77. The van der Waals surface area contributed by atoms with E-state index in [-0.39, 0.29) is 27.5 Å². The predicted molar refractivity (Wildman–Crippen MR) is 79.2 cm³/mol. The molecule has 1 saturated heterocycles. The topological polar surface area (TPSA) is 96.0 Å². The second-order valence-electron chi connectivity index (χ2n) is 4.42. The van der Waals surface area contributed by atoms with Crippen LogP contribution in [-0.4, -0.2) is 36.9 Å². The summed E-state index contributed by atoms with van der Waals surface area (Å²) in [5.41, 5.74) is 5.56. The minimum absolute atomic E-state index is 0.00863. The molecule has 2 heterocycles. The number of oxime groups is 1. The molecule has 1 atom stereocenters. The number of hydrogen-bond acceptors (Lipinski definition) is 5. The van der Waals surface area contributed by atoms with Crippen LogP contribution in [-0.2, 0) is 10.0 Å². The minimum Gasteiger partial charge on any atom is -0.409 e. The molecular formula is C10H13Cl2N3O3S2. The Bertz CT molecular complexity index is 630. The Hall–Kier alpha value is -0.540. The van der Waals surface area contributed by atoms with Crippen LogP contribution >= 0.6 is 34.5 Å². The molecule has 0 radical (unpaired) electrons. The van der Waals surface area contributed by atoms with E-state index >= 15 is 0 Å². The predicted octanol–water partition coefficient (Wildman–Crippen LogP) is 2.20. The Balaban J connectivity index is 2.28. The van der Waals surface area contributed by atoms with Gasteiger partial charge >= 0.3 is 0 Å². The van der Waals surface area contributed by atoms with E-state index in [1.54, 1.807) is 0 Å². The maximum Gasteiger partial charge on any atom is 0.245 e. The van der Waals surface area contributed by atoms with E-state index in [4.69, 9.17) is 34.1 Å². The van der Waals surface area contributed by atoms with Gasteiger partial charge in [0.2, 0.25) is 10.0 Å². The Morgan fingerprint density at radius 3 is 2.80 bits per heavy atom. The number of amidine groups is 1. The van der Waals surface area contributed by atoms with Gasteiger partial charge in [0.15, 0.2) is 0 Å². The van der Waals surface area contributed by atoms with Crippen molar-refractivity contribution in [1.82, 2.24) is 4.31 Å². The van der Waals surface area contributed by atoms with Gasteiger partial charge in [-0.15, -0.1) is 11.3 Å². The molecule has 0 saturated carbocycles. The van der Waals surface area contributed by atoms with Gasteiger partial charge in [0.25, 0.3) is 0 Å². The largest absolute Gasteiger partial charge is 0.409 e. The monoisotopic (exact) mass is 357 g/mol. The lowest BCUT2D eigenvalue weighted by molar-refractivity contribution is 0.287. The van der Waals surface area contributed by atoms with Gasteiger partial charge in [-0.2, -0.15) is 4.31 Å². The summed E-state index contributed by atoms with van der Waals surface area (Å²) in [6.45, 7) is 0.545. The van der Waals surface area contributed by atoms with Crippen LogP contribution in [0.3, 0.4) is 0 Å². The molecule has 1 fully saturated rings. The summed E-state index contributed by atoms with van der Waals surface area (Å²) in [7, 11) is -3.71. The number of piperidine rings is 1. The summed E-state index contributed by atoms with van der Waals surface area (Å²) in [6.07, 6.45) is 1.32. The summed E-state index contributed by atoms with van der Waals surface area (Å²) in [5.74, 6) is -0.254. The minimum atomic E-state index is -3.71. The van der Waals surface area contributed by atoms with Crippen LogP contribution in [0.1, 0.15) is 12.8 Å². The van der Waals surface area contributed by atoms with Crippen molar-refractivity contribution in [3.8, 4) is 0 Å². The van der Waals surface area contributed by atoms with Gasteiger partial charge < -0.3 is 10.9 Å². The normalized spacial score (nSPS) is 22.1. The molecule has 1 aromatic rings. The van der Waals surface area contributed by atoms with Crippen molar-refractivity contribution in [2.75, 3.05) is 13.1 Å². The highest BCUT2D eigenvalue weighted by Gasteiger charge is 2.34. The van der Waals surface area contributed by atoms with Crippen molar-refractivity contribution in [3.63, 3.8) is 0 Å². The molecule has 0 spiro atoms. The van der Waals surface area contributed by atoms with Crippen molar-refractivity contribution in [3.05, 3.63) is 14.7 Å². The van der Waals surface area contributed by atoms with E-state index in [2.05, 4.69) is 5.16 Å². The molecule has 1 aromatic heterocycles. The molecular weight excluding hydrogens is 345 g/mol. The molecule has 10 heteroatoms. The molecule has 0 aliphatic carbocycles. The molecule has 0 bridgehead atoms. The molecule has 6 nitrogen and oxygen atoms in total. The molecule has 3 N–H and O–H groups in total. The molecule has 0 aromatic carbocycles. The highest BCUT2D eigenvalue weighted by Crippen LogP contribution is 2.36. The first kappa shape index (κ1) is 15.8. The van der Waals surface area contributed by atoms with E-state index in [0.29, 0.717) is 23.7 Å². The van der Waals surface area contributed by atoms with Crippen LogP contribution in [0.25, 0.3) is 0 Å². The van der Waals surface area contributed by atoms with Crippen molar-refractivity contribution in [2.45, 2.75) is 17.7 Å². The van der Waals surface area contributed by atoms with Crippen LogP contribution in [0.15, 0.2) is 16.1 Å². The smallest absolute Gasteiger partial charge is 0.245 e. The van der Waals surface area contributed by atoms with Crippen molar-refractivity contribution in [1.29, 1.82) is 0 Å². The van der Waals surface area contributed by atoms with E-state index in [1.165, 1.54) is 10.4 Å². The van der Waals surface area contributed by atoms with Crippen LogP contribution in [0, 0.1) is 5.92 Å². The van der Waals surface area contributed by atoms with Gasteiger partial charge in [-0.1, -0.05) is 28.4 Å². The number of thiophene rings is 1. The van der Waals surface area contributed by atoms with Crippen LogP contribution in [0.5, 0.6) is 0 Å². The Morgan fingerprint density at radius 1 is 1.55 bits per heavy atom. The Labute approximate surface area is 130 Å². The standard InChI is InChI=1S/C10H13Cl2N3O3S2/c11-8-4-7(9(12)19-8)20(17,18)15-3-1-2-6(5-15)10(13)14-16/h4,6,16H,1-3,5H2,(H2,13,14). The Kier molecular flexibility index (Phi) is 4.80. The fourth-order valence-corrected chi connectivity index (χ4v) is 5.76. The van der Waals surface area contributed by atoms with E-state index < -0.39 is 10.0 Å². The summed E-state index contributed by atoms with van der Waals surface area (Å²) >= 11 is 12.7. The van der Waals surface area contributed by atoms with Gasteiger partial charge in [-0.05, 0) is 18.9 Å². The summed E-state index contributed by atoms with van der Waals surface area (Å²) in [4.78, 5) is 0.00863. The van der Waals surface area contributed by atoms with Crippen LogP contribution in [0.4, 0.5) is 0 Å². The zero-order valence-corrected chi connectivity index (χ0v) is 13.4. The fourth-order valence-electron chi connectivity index (χ4n) is 2.12. The van der Waals surface area contributed by atoms with Crippen LogP contribution < -0.4 is 5.73 Å². The molecule has 1 unspecified atom stereocenters. The lowest BCUT2D eigenvalue weighted by atomic mass is 9.99. The molecule has 2 rings (SSSR count). The molecule has 112 valence electrons. The van der Waals surface area contributed by atoms with Crippen LogP contribution in [0.2, 0.25) is 8.67 Å². The van der Waals surface area contributed by atoms with Gasteiger partial charge in [-0.3, -0.25) is 0 Å². The molecule has 20 heavy (non-hydrogen) atoms. The number of rotatable bonds is 3. The quantitative estimate of drug-likeness (QED) is 0.375. The van der Waals surface area contributed by atoms with Gasteiger partial charge in [0.05, 0.1) is 4.34 Å². The molecule has 1 aliphatic heterocycles. The zero-order chi connectivity index (χ0) is 14.9. The number of halogens is 2. The third-order valence-electron chi connectivity index (χ3n) is 3.16. The maximum absolute atomic E-state index is 12.5. The second kappa shape index (κ2) is 6.07. The maximum atomic E-state index is 12.5. The van der Waals surface area contributed by atoms with Crippen molar-refractivity contribution in [2.24, 2.45) is 16.8 Å². The number of sulfonamides is 1. The highest BCUT2D eigenvalue weighted by molar-refractivity contribution is 7.89. The summed E-state index contributed by atoms with van der Waals surface area (Å²) < 4.78 is 26.8. The fraction of sp³-hybridized carbons (Fsp3) is 0.500. The average molecular weight is 358 g/mol. The van der Waals surface area contributed by atoms with E-state index in [9.17, 15) is 8.42 Å². The van der Waals surface area contributed by atoms with Crippen molar-refractivity contribution >= 4 is 50.4 Å². The third kappa shape index (κ3) is 3.04. The highest BCUT2D eigenvalue weighted by atomic mass is 35.5. The first-order valence-corrected chi connectivity index (χ1v) is 8.80. The lowest BCUT2D eigenvalue weighted by Crippen LogP contribution is -2.44. The second-order valence-corrected chi connectivity index (χ2v) is 8.61. The molecule has 0 amide bonds. The van der Waals surface area contributed by atoms with Gasteiger partial charge in [0, 0.05) is 19.0 Å².